The fourth-order valence-corrected chi connectivity index (χ4v) is 5.28. The van der Waals surface area contributed by atoms with E-state index < -0.39 is 12.7 Å². The molecule has 0 spiro atoms. The second-order valence-corrected chi connectivity index (χ2v) is 9.69. The number of aromatic amines is 1. The molecule has 0 atom stereocenters. The topological polar surface area (TPSA) is 81.3 Å². The maximum atomic E-state index is 13.0. The van der Waals surface area contributed by atoms with Crippen molar-refractivity contribution in [2.24, 2.45) is 0 Å². The predicted octanol–water partition coefficient (Wildman–Crippen LogP) is 3.84. The van der Waals surface area contributed by atoms with E-state index in [9.17, 15) is 22.8 Å². The van der Waals surface area contributed by atoms with Gasteiger partial charge in [-0.1, -0.05) is 17.7 Å². The Bertz CT molecular complexity index is 1280. The van der Waals surface area contributed by atoms with Gasteiger partial charge in [-0.3, -0.25) is 19.4 Å². The molecule has 1 aromatic carbocycles. The minimum absolute atomic E-state index is 0.297. The number of anilines is 1. The smallest absolute Gasteiger partial charge is 0.321 e. The Morgan fingerprint density at radius 2 is 1.82 bits per heavy atom. The molecule has 182 valence electrons. The average molecular weight is 494 g/mol. The number of hydrogen-bond donors (Lipinski definition) is 2. The average Bonchev–Trinajstić information content (AvgIpc) is 3.07. The molecule has 34 heavy (non-hydrogen) atoms. The van der Waals surface area contributed by atoms with Crippen LogP contribution in [0.4, 0.5) is 18.9 Å². The summed E-state index contributed by atoms with van der Waals surface area (Å²) in [5.74, 6) is 0.138. The summed E-state index contributed by atoms with van der Waals surface area (Å²) < 4.78 is 37.8. The van der Waals surface area contributed by atoms with Crippen LogP contribution in [0.25, 0.3) is 10.2 Å². The summed E-state index contributed by atoms with van der Waals surface area (Å²) in [6.45, 7) is 6.53. The van der Waals surface area contributed by atoms with E-state index >= 15 is 0 Å². The highest BCUT2D eigenvalue weighted by atomic mass is 32.1. The van der Waals surface area contributed by atoms with E-state index in [0.29, 0.717) is 64.9 Å². The van der Waals surface area contributed by atoms with Crippen LogP contribution in [0.3, 0.4) is 0 Å². The molecule has 1 amide bonds. The highest BCUT2D eigenvalue weighted by molar-refractivity contribution is 7.20. The lowest BCUT2D eigenvalue weighted by Crippen LogP contribution is -2.48. The minimum Gasteiger partial charge on any atom is -0.321 e. The van der Waals surface area contributed by atoms with Gasteiger partial charge in [0.2, 0.25) is 0 Å². The zero-order chi connectivity index (χ0) is 24.6. The first-order chi connectivity index (χ1) is 16.0. The number of benzene rings is 1. The number of carbonyl (C=O) groups excluding carboxylic acids is 1. The number of alkyl halides is 3. The third kappa shape index (κ3) is 5.48. The van der Waals surface area contributed by atoms with Crippen LogP contribution < -0.4 is 10.9 Å². The van der Waals surface area contributed by atoms with E-state index in [2.05, 4.69) is 15.3 Å². The van der Waals surface area contributed by atoms with Crippen LogP contribution in [0.5, 0.6) is 0 Å². The van der Waals surface area contributed by atoms with Crippen molar-refractivity contribution in [3.8, 4) is 0 Å². The molecule has 11 heteroatoms. The van der Waals surface area contributed by atoms with Gasteiger partial charge in [-0.05, 0) is 38.0 Å². The Morgan fingerprint density at radius 1 is 1.15 bits per heavy atom. The summed E-state index contributed by atoms with van der Waals surface area (Å²) >= 11 is 1.16. The highest BCUT2D eigenvalue weighted by Gasteiger charge is 2.32. The van der Waals surface area contributed by atoms with Crippen LogP contribution in [0.1, 0.15) is 32.2 Å². The lowest BCUT2D eigenvalue weighted by atomic mass is 10.1. The van der Waals surface area contributed by atoms with Gasteiger partial charge in [0, 0.05) is 31.9 Å². The monoisotopic (exact) mass is 493 g/mol. The molecule has 0 aliphatic carbocycles. The third-order valence-corrected chi connectivity index (χ3v) is 7.11. The number of halogens is 3. The summed E-state index contributed by atoms with van der Waals surface area (Å²) in [5.41, 5.74) is 3.00. The number of amides is 1. The Kier molecular flexibility index (Phi) is 6.79. The van der Waals surface area contributed by atoms with E-state index in [-0.39, 0.29) is 11.5 Å². The Balaban J connectivity index is 1.49. The van der Waals surface area contributed by atoms with Gasteiger partial charge in [-0.2, -0.15) is 13.2 Å². The molecule has 0 saturated carbocycles. The molecule has 0 bridgehead atoms. The van der Waals surface area contributed by atoms with Gasteiger partial charge in [0.25, 0.3) is 11.5 Å². The number of carbonyl (C=O) groups is 1. The number of hydrogen-bond acceptors (Lipinski definition) is 6. The lowest BCUT2D eigenvalue weighted by Gasteiger charge is -2.34. The maximum Gasteiger partial charge on any atom is 0.401 e. The molecular weight excluding hydrogens is 467 g/mol. The van der Waals surface area contributed by atoms with E-state index in [1.165, 1.54) is 4.90 Å². The zero-order valence-corrected chi connectivity index (χ0v) is 20.0. The second-order valence-electron chi connectivity index (χ2n) is 8.69. The third-order valence-electron chi connectivity index (χ3n) is 5.93. The number of nitrogens with one attached hydrogen (secondary N) is 2. The lowest BCUT2D eigenvalue weighted by molar-refractivity contribution is -0.149. The number of rotatable bonds is 5. The van der Waals surface area contributed by atoms with Crippen LogP contribution >= 0.6 is 11.3 Å². The SMILES string of the molecule is Cc1ccc(NC(=O)c2sc3nc(CN4CCN(CC(F)(F)F)CC4)[nH]c(=O)c3c2C)c(C)c1. The van der Waals surface area contributed by atoms with E-state index in [0.717, 1.165) is 22.5 Å². The largest absolute Gasteiger partial charge is 0.401 e. The molecule has 1 aliphatic heterocycles. The molecule has 1 aliphatic rings. The molecule has 2 aromatic heterocycles. The molecule has 1 fully saturated rings. The molecule has 2 N–H and O–H groups in total. The first-order valence-electron chi connectivity index (χ1n) is 10.9. The van der Waals surface area contributed by atoms with Crippen molar-refractivity contribution in [2.75, 3.05) is 38.0 Å². The van der Waals surface area contributed by atoms with Gasteiger partial charge in [0.15, 0.2) is 0 Å². The van der Waals surface area contributed by atoms with Gasteiger partial charge in [-0.25, -0.2) is 4.98 Å². The van der Waals surface area contributed by atoms with Gasteiger partial charge < -0.3 is 10.3 Å². The van der Waals surface area contributed by atoms with Crippen molar-refractivity contribution in [3.05, 3.63) is 55.9 Å². The number of piperazine rings is 1. The van der Waals surface area contributed by atoms with Gasteiger partial charge >= 0.3 is 6.18 Å². The Labute approximate surface area is 198 Å². The molecule has 3 heterocycles. The number of fused-ring (bicyclic) bond motifs is 1. The normalized spacial score (nSPS) is 15.7. The van der Waals surface area contributed by atoms with Gasteiger partial charge in [-0.15, -0.1) is 11.3 Å². The number of H-pyrrole nitrogens is 1. The standard InChI is InChI=1S/C23H26F3N5O2S/c1-13-4-5-16(14(2)10-13)27-21(33)19-15(3)18-20(32)28-17(29-22(18)34-19)11-30-6-8-31(9-7-30)12-23(24,25)26/h4-5,10H,6-9,11-12H2,1-3H3,(H,27,33)(H,28,29,32). The first-order valence-corrected chi connectivity index (χ1v) is 11.7. The Morgan fingerprint density at radius 3 is 2.47 bits per heavy atom. The molecule has 0 unspecified atom stereocenters. The summed E-state index contributed by atoms with van der Waals surface area (Å²) in [6, 6.07) is 5.75. The van der Waals surface area contributed by atoms with E-state index in [4.69, 9.17) is 0 Å². The van der Waals surface area contributed by atoms with Crippen LogP contribution in [-0.2, 0) is 6.54 Å². The molecule has 0 radical (unpaired) electrons. The molecule has 7 nitrogen and oxygen atoms in total. The predicted molar refractivity (Wildman–Crippen MR) is 127 cm³/mol. The summed E-state index contributed by atoms with van der Waals surface area (Å²) in [7, 11) is 0. The van der Waals surface area contributed by atoms with Crippen molar-refractivity contribution in [1.29, 1.82) is 0 Å². The summed E-state index contributed by atoms with van der Waals surface area (Å²) in [4.78, 5) is 37.3. The van der Waals surface area contributed by atoms with Crippen LogP contribution in [0.15, 0.2) is 23.0 Å². The summed E-state index contributed by atoms with van der Waals surface area (Å²) in [5, 5.41) is 3.30. The van der Waals surface area contributed by atoms with Crippen LogP contribution in [0, 0.1) is 20.8 Å². The molecule has 1 saturated heterocycles. The Hall–Kier alpha value is -2.76. The van der Waals surface area contributed by atoms with E-state index in [1.807, 2.05) is 36.9 Å². The first kappa shape index (κ1) is 24.4. The summed E-state index contributed by atoms with van der Waals surface area (Å²) in [6.07, 6.45) is -4.21. The maximum absolute atomic E-state index is 13.0. The highest BCUT2D eigenvalue weighted by Crippen LogP contribution is 2.28. The number of aromatic nitrogens is 2. The minimum atomic E-state index is -4.21. The van der Waals surface area contributed by atoms with Gasteiger partial charge in [0.1, 0.15) is 10.7 Å². The van der Waals surface area contributed by atoms with E-state index in [1.54, 1.807) is 6.92 Å². The van der Waals surface area contributed by atoms with Crippen LogP contribution in [-0.4, -0.2) is 64.6 Å². The fraction of sp³-hybridized carbons (Fsp3) is 0.435. The van der Waals surface area contributed by atoms with Crippen molar-refractivity contribution in [3.63, 3.8) is 0 Å². The molecular formula is C23H26F3N5O2S. The molecule has 3 aromatic rings. The van der Waals surface area contributed by atoms with Crippen molar-refractivity contribution in [2.45, 2.75) is 33.5 Å². The quantitative estimate of drug-likeness (QED) is 0.565. The van der Waals surface area contributed by atoms with Crippen LogP contribution in [0.2, 0.25) is 0 Å². The number of nitrogens with zero attached hydrogens (tertiary/aromatic N) is 3. The fourth-order valence-electron chi connectivity index (χ4n) is 4.18. The van der Waals surface area contributed by atoms with Crippen molar-refractivity contribution >= 4 is 33.1 Å². The van der Waals surface area contributed by atoms with Gasteiger partial charge in [0.05, 0.1) is 23.4 Å². The number of thiophene rings is 1. The second kappa shape index (κ2) is 9.47. The van der Waals surface area contributed by atoms with Crippen molar-refractivity contribution < 1.29 is 18.0 Å². The number of aryl methyl sites for hydroxylation is 3. The van der Waals surface area contributed by atoms with Crippen molar-refractivity contribution in [1.82, 2.24) is 19.8 Å². The zero-order valence-electron chi connectivity index (χ0n) is 19.2. The molecule has 4 rings (SSSR count).